The Kier molecular flexibility index (Phi) is 17.9. The molecule has 6 aromatic rings. The third-order valence-corrected chi connectivity index (χ3v) is 19.2. The van der Waals surface area contributed by atoms with Gasteiger partial charge in [-0.05, 0) is 72.5 Å². The molecule has 13 rings (SSSR count). The molecule has 10 N–H and O–H groups in total. The van der Waals surface area contributed by atoms with Gasteiger partial charge in [-0.15, -0.1) is 45.8 Å². The number of ether oxygens (including phenoxy) is 11. The number of aliphatic hydroxyl groups excluding tert-OH is 3. The van der Waals surface area contributed by atoms with Crippen LogP contribution in [0.4, 0.5) is 11.6 Å². The summed E-state index contributed by atoms with van der Waals surface area (Å²) < 4.78 is 66.3. The van der Waals surface area contributed by atoms with Gasteiger partial charge in [0.1, 0.15) is 109 Å². The molecule has 0 radical (unpaired) electrons. The topological polar surface area (TPSA) is 398 Å². The molecular formula is C53H64N12O14S4. The molecule has 83 heavy (non-hydrogen) atoms. The average Bonchev–Trinajstić information content (AvgIpc) is 2.68. The predicted octanol–water partition coefficient (Wildman–Crippen LogP) is 5.32. The summed E-state index contributed by atoms with van der Waals surface area (Å²) >= 11 is 5.49. The lowest BCUT2D eigenvalue weighted by Crippen LogP contribution is -2.39. The van der Waals surface area contributed by atoms with Crippen LogP contribution in [-0.2, 0) is 68.9 Å². The van der Waals surface area contributed by atoms with E-state index in [4.69, 9.17) is 63.6 Å². The van der Waals surface area contributed by atoms with Gasteiger partial charge in [0, 0.05) is 34.7 Å². The second-order valence-corrected chi connectivity index (χ2v) is 24.7. The molecule has 14 atom stereocenters. The largest absolute Gasteiger partial charge is 0.394 e. The molecule has 6 aromatic heterocycles. The van der Waals surface area contributed by atoms with Crippen molar-refractivity contribution in [1.29, 1.82) is 15.8 Å². The third-order valence-electron chi connectivity index (χ3n) is 15.2. The highest BCUT2D eigenvalue weighted by atomic mass is 32.2. The van der Waals surface area contributed by atoms with E-state index in [2.05, 4.69) is 42.0 Å². The Bertz CT molecular complexity index is 3420. The fraction of sp³-hybridized carbons (Fsp3) is 0.604. The van der Waals surface area contributed by atoms with Crippen molar-refractivity contribution in [1.82, 2.24) is 36.1 Å². The molecule has 30 heteroatoms. The highest BCUT2D eigenvalue weighted by Crippen LogP contribution is 2.54. The summed E-state index contributed by atoms with van der Waals surface area (Å²) in [4.78, 5) is 26.9. The van der Waals surface area contributed by atoms with E-state index in [0.29, 0.717) is 50.6 Å². The van der Waals surface area contributed by atoms with Gasteiger partial charge in [0.25, 0.3) is 0 Å². The maximum absolute atomic E-state index is 10.4. The van der Waals surface area contributed by atoms with Crippen LogP contribution in [0.1, 0.15) is 80.9 Å². The summed E-state index contributed by atoms with van der Waals surface area (Å²) in [6, 6.07) is 6.68. The first kappa shape index (κ1) is 61.0. The van der Waals surface area contributed by atoms with Crippen LogP contribution in [-0.4, -0.2) is 164 Å². The van der Waals surface area contributed by atoms with Crippen molar-refractivity contribution < 1.29 is 67.4 Å². The molecule has 7 saturated heterocycles. The molecule has 0 aromatic carbocycles. The van der Waals surface area contributed by atoms with Crippen LogP contribution in [0, 0.1) is 34.0 Å². The highest BCUT2D eigenvalue weighted by Gasteiger charge is 2.67. The summed E-state index contributed by atoms with van der Waals surface area (Å²) in [6.45, 7) is 8.78. The molecule has 2 unspecified atom stereocenters. The Labute approximate surface area is 492 Å². The number of nitrogens with zero attached hydrogens (tertiary/aromatic N) is 9. The van der Waals surface area contributed by atoms with E-state index < -0.39 is 89.9 Å². The lowest BCUT2D eigenvalue weighted by Gasteiger charge is -2.29. The first-order chi connectivity index (χ1) is 39.5. The second kappa shape index (κ2) is 24.4. The van der Waals surface area contributed by atoms with Gasteiger partial charge in [0.05, 0.1) is 61.8 Å². The molecule has 7 fully saturated rings. The Hall–Kier alpha value is -5.06. The maximum atomic E-state index is 10.4. The molecule has 0 amide bonds. The van der Waals surface area contributed by atoms with E-state index in [-0.39, 0.29) is 37.8 Å². The summed E-state index contributed by atoms with van der Waals surface area (Å²) in [5.41, 5.74) is 8.94. The van der Waals surface area contributed by atoms with E-state index in [1.165, 1.54) is 41.7 Å². The van der Waals surface area contributed by atoms with Crippen LogP contribution < -0.4 is 17.6 Å². The van der Waals surface area contributed by atoms with E-state index in [0.717, 1.165) is 70.7 Å². The minimum absolute atomic E-state index is 0. The van der Waals surface area contributed by atoms with Gasteiger partial charge >= 0.3 is 0 Å². The smallest absolute Gasteiger partial charge is 0.220 e. The highest BCUT2D eigenvalue weighted by molar-refractivity contribution is 7.98. The normalized spacial score (nSPS) is 33.9. The minimum atomic E-state index is -1.79. The van der Waals surface area contributed by atoms with Crippen LogP contribution in [0.25, 0.3) is 32.7 Å². The van der Waals surface area contributed by atoms with Crippen LogP contribution >= 0.6 is 45.8 Å². The lowest BCUT2D eigenvalue weighted by molar-refractivity contribution is -0.222. The number of fused-ring (bicyclic) bond motifs is 5. The van der Waals surface area contributed by atoms with Gasteiger partial charge in [-0.25, -0.2) is 29.9 Å². The van der Waals surface area contributed by atoms with Gasteiger partial charge in [-0.1, -0.05) is 0 Å². The van der Waals surface area contributed by atoms with Crippen molar-refractivity contribution in [3.8, 4) is 18.2 Å². The summed E-state index contributed by atoms with van der Waals surface area (Å²) in [5, 5.41) is 68.1. The number of thioether (sulfide) groups is 1. The first-order valence-electron chi connectivity index (χ1n) is 26.6. The van der Waals surface area contributed by atoms with Crippen molar-refractivity contribution in [3.63, 3.8) is 0 Å². The number of thiophene rings is 3. The second-order valence-electron chi connectivity index (χ2n) is 21.3. The van der Waals surface area contributed by atoms with Crippen LogP contribution in [0.2, 0.25) is 0 Å². The third kappa shape index (κ3) is 11.0. The molecule has 13 heterocycles. The van der Waals surface area contributed by atoms with Crippen molar-refractivity contribution in [3.05, 3.63) is 49.8 Å². The molecule has 7 aliphatic rings. The Morgan fingerprint density at radius 2 is 1.02 bits per heavy atom. The van der Waals surface area contributed by atoms with E-state index in [9.17, 15) is 31.1 Å². The number of hydrogen-bond donors (Lipinski definition) is 6. The van der Waals surface area contributed by atoms with Gasteiger partial charge in [0.2, 0.25) is 16.8 Å². The number of rotatable bonds is 11. The van der Waals surface area contributed by atoms with Crippen LogP contribution in [0.15, 0.2) is 40.1 Å². The molecule has 0 bridgehead atoms. The fourth-order valence-electron chi connectivity index (χ4n) is 11.3. The number of aliphatic hydroxyl groups is 3. The number of anilines is 2. The van der Waals surface area contributed by atoms with Crippen molar-refractivity contribution in [2.24, 2.45) is 0 Å². The quantitative estimate of drug-likeness (QED) is 0.0706. The van der Waals surface area contributed by atoms with E-state index in [1.54, 1.807) is 17.1 Å². The summed E-state index contributed by atoms with van der Waals surface area (Å²) in [5.74, 6) is -1.06. The molecular weight excluding hydrogens is 1160 g/mol. The maximum Gasteiger partial charge on any atom is 0.220 e. The zero-order valence-corrected chi connectivity index (χ0v) is 49.2. The SMILES string of the molecule is CC1(C)O[C@H]2[C@@H](O1)[C@](C#N)(c1scc3c(N)ncnc13)O[C@@H]2COC1CCCCO1.CSc1ncnc2c([C@]3(C#N)O[C@H](COC4CCCCO4)[C@H]4OC(C)(C)O[C@H]43)scc12.N.N#C[C@@]1(c2scc3c(N)ncnc23)O[C@H](CO)[C@@H](O)[C@H]1O. The zero-order chi connectivity index (χ0) is 57.8. The average molecular weight is 1220 g/mol. The van der Waals surface area contributed by atoms with Gasteiger partial charge in [-0.2, -0.15) is 15.8 Å². The number of nitriles is 3. The van der Waals surface area contributed by atoms with Crippen LogP contribution in [0.3, 0.4) is 0 Å². The van der Waals surface area contributed by atoms with Crippen molar-refractivity contribution in [2.45, 2.75) is 167 Å². The Balaban J connectivity index is 0.000000141. The van der Waals surface area contributed by atoms with Crippen molar-refractivity contribution >= 4 is 90.1 Å². The predicted molar refractivity (Wildman–Crippen MR) is 300 cm³/mol. The molecule has 0 spiro atoms. The fourth-order valence-corrected chi connectivity index (χ4v) is 15.3. The molecule has 444 valence electrons. The molecule has 0 aliphatic carbocycles. The Morgan fingerprint density at radius 3 is 1.43 bits per heavy atom. The van der Waals surface area contributed by atoms with E-state index in [1.807, 2.05) is 50.8 Å². The monoisotopic (exact) mass is 1220 g/mol. The number of nitrogen functional groups attached to an aromatic ring is 2. The van der Waals surface area contributed by atoms with Gasteiger partial charge in [-0.3, -0.25) is 0 Å². The standard InChI is InChI=1S/C21H25N3O5S2.C20H24N4O5S.C12H12N4O4S.H3N/c1-20(2)28-16-13(8-26-14-6-4-5-7-25-14)27-21(10-22,17(16)29-20)18-15-12(9-31-18)19(30-3)24-11-23-15;1-19(2)28-15-12(7-26-13-5-3-4-6-25-13)27-20(9-21,16(15)29-19)17-14-11(8-30-17)18(22)24-10-23-14;13-3-12(9(19)8(18)6(1-17)20-12)10-7-5(2-21-10)11(14)16-4-15-7;/h9,11,13-14,16-17H,4-8H2,1-3H3;8,10,12-13,15-16H,3-7H2,1-2H3,(H2,22,23,24);2,4,6,8-9,17-19H,1H2,(H2,14,15,16);1H3/t13-,14?,16-,17-,21-;12-,13?,15-,16-,20-;6-,8-,9-,12-;/m111./s1. The molecule has 7 aliphatic heterocycles. The number of nitrogens with two attached hydrogens (primary N) is 2. The summed E-state index contributed by atoms with van der Waals surface area (Å²) in [6.07, 6.45) is 4.60. The first-order valence-corrected chi connectivity index (χ1v) is 30.5. The van der Waals surface area contributed by atoms with Gasteiger partial charge in [0.15, 0.2) is 24.2 Å². The van der Waals surface area contributed by atoms with Gasteiger partial charge < -0.3 is 85.0 Å². The Morgan fingerprint density at radius 1 is 0.602 bits per heavy atom. The number of hydrogen-bond acceptors (Lipinski definition) is 30. The van der Waals surface area contributed by atoms with E-state index >= 15 is 0 Å². The summed E-state index contributed by atoms with van der Waals surface area (Å²) in [7, 11) is 0. The molecule has 26 nitrogen and oxygen atoms in total. The minimum Gasteiger partial charge on any atom is -0.394 e. The number of aromatic nitrogens is 6. The zero-order valence-electron chi connectivity index (χ0n) is 45.9. The van der Waals surface area contributed by atoms with Crippen molar-refractivity contribution in [2.75, 3.05) is 50.8 Å². The lowest BCUT2D eigenvalue weighted by atomic mass is 9.93. The van der Waals surface area contributed by atoms with Crippen LogP contribution in [0.5, 0.6) is 0 Å². The molecule has 0 saturated carbocycles.